The summed E-state index contributed by atoms with van der Waals surface area (Å²) in [5, 5.41) is 0. The van der Waals surface area contributed by atoms with Crippen molar-refractivity contribution in [1.29, 1.82) is 0 Å². The number of hydrogen-bond donors (Lipinski definition) is 1. The number of anilines is 1. The summed E-state index contributed by atoms with van der Waals surface area (Å²) in [5.74, 6) is 1.37. The van der Waals surface area contributed by atoms with Crippen molar-refractivity contribution < 1.29 is 4.74 Å². The molecule has 1 aromatic heterocycles. The highest BCUT2D eigenvalue weighted by molar-refractivity contribution is 5.39. The number of nitrogens with zero attached hydrogens (tertiary/aromatic N) is 3. The van der Waals surface area contributed by atoms with Gasteiger partial charge in [-0.2, -0.15) is 0 Å². The number of hydrogen-bond acceptors (Lipinski definition) is 5. The van der Waals surface area contributed by atoms with Gasteiger partial charge in [-0.3, -0.25) is 0 Å². The van der Waals surface area contributed by atoms with Crippen LogP contribution in [0.2, 0.25) is 0 Å². The van der Waals surface area contributed by atoms with Crippen molar-refractivity contribution in [3.8, 4) is 0 Å². The molecule has 0 unspecified atom stereocenters. The number of methoxy groups -OCH3 is 1. The molecule has 0 aliphatic rings. The molecule has 1 aromatic rings. The van der Waals surface area contributed by atoms with Gasteiger partial charge in [0, 0.05) is 32.0 Å². The molecule has 102 valence electrons. The van der Waals surface area contributed by atoms with Gasteiger partial charge < -0.3 is 15.4 Å². The maximum Gasteiger partial charge on any atom is 0.132 e. The zero-order chi connectivity index (χ0) is 13.4. The topological polar surface area (TPSA) is 64.3 Å². The summed E-state index contributed by atoms with van der Waals surface area (Å²) < 4.78 is 5.14. The summed E-state index contributed by atoms with van der Waals surface area (Å²) in [5.41, 5.74) is 6.64. The van der Waals surface area contributed by atoms with Crippen LogP contribution in [0.4, 0.5) is 5.82 Å². The molecule has 1 rings (SSSR count). The summed E-state index contributed by atoms with van der Waals surface area (Å²) >= 11 is 0. The van der Waals surface area contributed by atoms with E-state index in [0.717, 1.165) is 31.0 Å². The first kappa shape index (κ1) is 14.9. The fourth-order valence-corrected chi connectivity index (χ4v) is 1.67. The van der Waals surface area contributed by atoms with Crippen LogP contribution in [-0.2, 0) is 4.74 Å². The molecule has 18 heavy (non-hydrogen) atoms. The summed E-state index contributed by atoms with van der Waals surface area (Å²) in [6.07, 6.45) is 2.58. The molecule has 0 spiro atoms. The van der Waals surface area contributed by atoms with E-state index in [4.69, 9.17) is 10.5 Å². The molecule has 0 fully saturated rings. The van der Waals surface area contributed by atoms with Crippen molar-refractivity contribution in [3.05, 3.63) is 18.1 Å². The lowest BCUT2D eigenvalue weighted by Gasteiger charge is -2.23. The van der Waals surface area contributed by atoms with E-state index >= 15 is 0 Å². The third-order valence-electron chi connectivity index (χ3n) is 2.79. The van der Waals surface area contributed by atoms with Crippen LogP contribution in [0.15, 0.2) is 12.4 Å². The van der Waals surface area contributed by atoms with E-state index < -0.39 is 0 Å². The summed E-state index contributed by atoms with van der Waals surface area (Å²) in [7, 11) is 1.71. The lowest BCUT2D eigenvalue weighted by Crippen LogP contribution is -2.30. The van der Waals surface area contributed by atoms with Crippen LogP contribution < -0.4 is 10.6 Å². The molecule has 2 N–H and O–H groups in total. The Labute approximate surface area is 109 Å². The minimum atomic E-state index is 0.408. The van der Waals surface area contributed by atoms with Crippen LogP contribution in [0.5, 0.6) is 0 Å². The van der Waals surface area contributed by atoms with Crippen molar-refractivity contribution in [2.75, 3.05) is 38.3 Å². The highest BCUT2D eigenvalue weighted by atomic mass is 16.5. The minimum absolute atomic E-state index is 0.408. The zero-order valence-electron chi connectivity index (χ0n) is 11.6. The lowest BCUT2D eigenvalue weighted by atomic mass is 10.1. The first-order valence-corrected chi connectivity index (χ1v) is 6.45. The molecule has 0 aromatic carbocycles. The van der Waals surface area contributed by atoms with Crippen LogP contribution in [0.3, 0.4) is 0 Å². The molecule has 5 nitrogen and oxygen atoms in total. The zero-order valence-corrected chi connectivity index (χ0v) is 11.6. The van der Waals surface area contributed by atoms with Crippen molar-refractivity contribution in [3.63, 3.8) is 0 Å². The second kappa shape index (κ2) is 8.00. The van der Waals surface area contributed by atoms with Gasteiger partial charge in [-0.05, 0) is 18.9 Å². The van der Waals surface area contributed by atoms with Gasteiger partial charge in [0.2, 0.25) is 0 Å². The average Bonchev–Trinajstić information content (AvgIpc) is 2.39. The SMILES string of the molecule is COCCN(CCCN)c1cc(C(C)C)ncn1. The van der Waals surface area contributed by atoms with Gasteiger partial charge in [-0.1, -0.05) is 13.8 Å². The minimum Gasteiger partial charge on any atom is -0.383 e. The number of aromatic nitrogens is 2. The van der Waals surface area contributed by atoms with Gasteiger partial charge in [0.05, 0.1) is 6.61 Å². The molecule has 0 amide bonds. The molecule has 5 heteroatoms. The first-order chi connectivity index (χ1) is 8.69. The Kier molecular flexibility index (Phi) is 6.60. The Morgan fingerprint density at radius 2 is 2.11 bits per heavy atom. The maximum absolute atomic E-state index is 5.57. The Balaban J connectivity index is 2.78. The van der Waals surface area contributed by atoms with Gasteiger partial charge in [0.25, 0.3) is 0 Å². The second-order valence-corrected chi connectivity index (χ2v) is 4.58. The summed E-state index contributed by atoms with van der Waals surface area (Å²) in [6, 6.07) is 2.05. The van der Waals surface area contributed by atoms with Crippen molar-refractivity contribution in [2.24, 2.45) is 5.73 Å². The Morgan fingerprint density at radius 1 is 1.33 bits per heavy atom. The largest absolute Gasteiger partial charge is 0.383 e. The fraction of sp³-hybridized carbons (Fsp3) is 0.692. The maximum atomic E-state index is 5.57. The number of ether oxygens (including phenoxy) is 1. The molecule has 0 aliphatic heterocycles. The monoisotopic (exact) mass is 252 g/mol. The lowest BCUT2D eigenvalue weighted by molar-refractivity contribution is 0.205. The molecule has 1 heterocycles. The fourth-order valence-electron chi connectivity index (χ4n) is 1.67. The van der Waals surface area contributed by atoms with Gasteiger partial charge in [0.1, 0.15) is 12.1 Å². The standard InChI is InChI=1S/C13H24N4O/c1-11(2)12-9-13(16-10-15-12)17(6-4-5-14)7-8-18-3/h9-11H,4-8,14H2,1-3H3. The smallest absolute Gasteiger partial charge is 0.132 e. The molecular formula is C13H24N4O. The molecule has 0 aliphatic carbocycles. The van der Waals surface area contributed by atoms with Crippen LogP contribution in [0.1, 0.15) is 31.9 Å². The molecule has 0 saturated heterocycles. The van der Waals surface area contributed by atoms with Gasteiger partial charge >= 0.3 is 0 Å². The molecule has 0 saturated carbocycles. The van der Waals surface area contributed by atoms with Gasteiger partial charge in [0.15, 0.2) is 0 Å². The van der Waals surface area contributed by atoms with Crippen molar-refractivity contribution >= 4 is 5.82 Å². The van der Waals surface area contributed by atoms with Gasteiger partial charge in [-0.25, -0.2) is 9.97 Å². The first-order valence-electron chi connectivity index (χ1n) is 6.45. The Hall–Kier alpha value is -1.20. The van der Waals surface area contributed by atoms with E-state index in [9.17, 15) is 0 Å². The van der Waals surface area contributed by atoms with Crippen LogP contribution in [0, 0.1) is 0 Å². The van der Waals surface area contributed by atoms with Crippen LogP contribution >= 0.6 is 0 Å². The van der Waals surface area contributed by atoms with Crippen LogP contribution in [0.25, 0.3) is 0 Å². The molecule has 0 atom stereocenters. The Morgan fingerprint density at radius 3 is 2.72 bits per heavy atom. The quantitative estimate of drug-likeness (QED) is 0.757. The van der Waals surface area contributed by atoms with E-state index in [1.165, 1.54) is 0 Å². The molecule has 0 bridgehead atoms. The van der Waals surface area contributed by atoms with E-state index in [2.05, 4.69) is 34.8 Å². The summed E-state index contributed by atoms with van der Waals surface area (Å²) in [4.78, 5) is 10.8. The predicted molar refractivity (Wildman–Crippen MR) is 73.9 cm³/mol. The third kappa shape index (κ3) is 4.58. The molecular weight excluding hydrogens is 228 g/mol. The average molecular weight is 252 g/mol. The van der Waals surface area contributed by atoms with Gasteiger partial charge in [-0.15, -0.1) is 0 Å². The van der Waals surface area contributed by atoms with E-state index in [-0.39, 0.29) is 0 Å². The second-order valence-electron chi connectivity index (χ2n) is 4.58. The van der Waals surface area contributed by atoms with Crippen molar-refractivity contribution in [2.45, 2.75) is 26.2 Å². The normalized spacial score (nSPS) is 10.9. The van der Waals surface area contributed by atoms with Crippen molar-refractivity contribution in [1.82, 2.24) is 9.97 Å². The van der Waals surface area contributed by atoms with E-state index in [1.807, 2.05) is 0 Å². The van der Waals surface area contributed by atoms with Crippen LogP contribution in [-0.4, -0.2) is 43.3 Å². The third-order valence-corrected chi connectivity index (χ3v) is 2.79. The highest BCUT2D eigenvalue weighted by Crippen LogP contribution is 2.17. The Bertz CT molecular complexity index is 336. The molecule has 0 radical (unpaired) electrons. The van der Waals surface area contributed by atoms with E-state index in [1.54, 1.807) is 13.4 Å². The highest BCUT2D eigenvalue weighted by Gasteiger charge is 2.10. The summed E-state index contributed by atoms with van der Waals surface area (Å²) in [6.45, 7) is 7.35. The predicted octanol–water partition coefficient (Wildman–Crippen LogP) is 1.40. The van der Waals surface area contributed by atoms with E-state index in [0.29, 0.717) is 19.1 Å². The number of nitrogens with two attached hydrogens (primary N) is 1. The number of rotatable bonds is 8.